The van der Waals surface area contributed by atoms with Crippen LogP contribution < -0.4 is 0 Å². The third-order valence-electron chi connectivity index (χ3n) is 6.23. The Morgan fingerprint density at radius 2 is 1.92 bits per heavy atom. The van der Waals surface area contributed by atoms with Crippen molar-refractivity contribution in [1.29, 1.82) is 0 Å². The van der Waals surface area contributed by atoms with Gasteiger partial charge in [0.15, 0.2) is 0 Å². The van der Waals surface area contributed by atoms with Crippen LogP contribution in [0.2, 0.25) is 0 Å². The lowest BCUT2D eigenvalue weighted by atomic mass is 9.85. The summed E-state index contributed by atoms with van der Waals surface area (Å²) in [7, 11) is 0. The molecule has 0 spiro atoms. The van der Waals surface area contributed by atoms with Gasteiger partial charge in [0, 0.05) is 38.9 Å². The molecule has 0 radical (unpaired) electrons. The van der Waals surface area contributed by atoms with Crippen LogP contribution in [0, 0.1) is 12.8 Å². The van der Waals surface area contributed by atoms with Crippen molar-refractivity contribution in [3.05, 3.63) is 35.9 Å². The van der Waals surface area contributed by atoms with Gasteiger partial charge in [-0.05, 0) is 51.2 Å². The summed E-state index contributed by atoms with van der Waals surface area (Å²) < 4.78 is 2.27. The topological polar surface area (TPSA) is 23.8 Å². The number of aryl methyl sites for hydroxylation is 1. The van der Waals surface area contributed by atoms with Crippen LogP contribution >= 0.6 is 0 Å². The van der Waals surface area contributed by atoms with Crippen molar-refractivity contribution >= 4 is 5.52 Å². The van der Waals surface area contributed by atoms with Crippen LogP contribution in [-0.2, 0) is 5.54 Å². The summed E-state index contributed by atoms with van der Waals surface area (Å²) in [4.78, 5) is 10.1. The molecule has 24 heavy (non-hydrogen) atoms. The summed E-state index contributed by atoms with van der Waals surface area (Å²) in [6.07, 6.45) is 8.53. The monoisotopic (exact) mass is 326 g/mol. The van der Waals surface area contributed by atoms with Gasteiger partial charge in [-0.3, -0.25) is 4.90 Å². The Bertz CT molecular complexity index is 705. The standard InChI is InChI=1S/C20H30N4/c1-16-6-5-9-24-18(16)14-21-19(24)20(2,3)23-12-10-22(11-13-23)15-17-7-4-8-17/h5-6,9,14,17H,4,7-8,10-13,15H2,1-3H3. The normalized spacial score (nSPS) is 21.3. The maximum atomic E-state index is 4.80. The Balaban J connectivity index is 1.49. The minimum atomic E-state index is -0.0389. The molecule has 0 amide bonds. The van der Waals surface area contributed by atoms with Gasteiger partial charge in [0.2, 0.25) is 0 Å². The van der Waals surface area contributed by atoms with E-state index in [-0.39, 0.29) is 5.54 Å². The number of hydrogen-bond acceptors (Lipinski definition) is 3. The Morgan fingerprint density at radius 3 is 2.58 bits per heavy atom. The molecule has 1 saturated heterocycles. The number of fused-ring (bicyclic) bond motifs is 1. The molecule has 2 fully saturated rings. The van der Waals surface area contributed by atoms with Crippen molar-refractivity contribution in [3.63, 3.8) is 0 Å². The molecule has 4 nitrogen and oxygen atoms in total. The first-order valence-electron chi connectivity index (χ1n) is 9.46. The van der Waals surface area contributed by atoms with Gasteiger partial charge in [-0.25, -0.2) is 4.98 Å². The van der Waals surface area contributed by atoms with Crippen molar-refractivity contribution < 1.29 is 0 Å². The largest absolute Gasteiger partial charge is 0.302 e. The second kappa shape index (κ2) is 6.16. The molecule has 1 aliphatic carbocycles. The van der Waals surface area contributed by atoms with E-state index < -0.39 is 0 Å². The molecule has 2 aliphatic rings. The second-order valence-electron chi connectivity index (χ2n) is 8.17. The number of piperazine rings is 1. The molecule has 0 unspecified atom stereocenters. The summed E-state index contributed by atoms with van der Waals surface area (Å²) in [5, 5.41) is 0. The van der Waals surface area contributed by atoms with Crippen molar-refractivity contribution in [2.45, 2.75) is 45.6 Å². The van der Waals surface area contributed by atoms with E-state index in [1.807, 2.05) is 6.20 Å². The van der Waals surface area contributed by atoms with Gasteiger partial charge in [-0.15, -0.1) is 0 Å². The van der Waals surface area contributed by atoms with Crippen LogP contribution in [0.15, 0.2) is 24.5 Å². The molecule has 0 atom stereocenters. The molecule has 4 rings (SSSR count). The predicted molar refractivity (Wildman–Crippen MR) is 98.3 cm³/mol. The summed E-state index contributed by atoms with van der Waals surface area (Å²) >= 11 is 0. The van der Waals surface area contributed by atoms with E-state index in [1.54, 1.807) is 0 Å². The molecular weight excluding hydrogens is 296 g/mol. The van der Waals surface area contributed by atoms with Gasteiger partial charge in [0.25, 0.3) is 0 Å². The summed E-state index contributed by atoms with van der Waals surface area (Å²) in [6.45, 7) is 12.8. The van der Waals surface area contributed by atoms with Gasteiger partial charge in [-0.2, -0.15) is 0 Å². The average molecular weight is 326 g/mol. The fraction of sp³-hybridized carbons (Fsp3) is 0.650. The van der Waals surface area contributed by atoms with Crippen LogP contribution in [0.1, 0.15) is 44.5 Å². The molecule has 3 heterocycles. The summed E-state index contributed by atoms with van der Waals surface area (Å²) in [5.41, 5.74) is 2.48. The zero-order chi connectivity index (χ0) is 16.7. The van der Waals surface area contributed by atoms with Crippen LogP contribution in [0.4, 0.5) is 0 Å². The van der Waals surface area contributed by atoms with E-state index in [1.165, 1.54) is 50.0 Å². The number of hydrogen-bond donors (Lipinski definition) is 0. The third-order valence-corrected chi connectivity index (χ3v) is 6.23. The van der Waals surface area contributed by atoms with Crippen molar-refractivity contribution in [1.82, 2.24) is 19.2 Å². The summed E-state index contributed by atoms with van der Waals surface area (Å²) in [5.74, 6) is 2.14. The SMILES string of the molecule is Cc1cccn2c(C(C)(C)N3CCN(CC4CCC4)CC3)ncc12. The molecule has 1 aliphatic heterocycles. The van der Waals surface area contributed by atoms with Crippen LogP contribution in [0.5, 0.6) is 0 Å². The highest BCUT2D eigenvalue weighted by molar-refractivity contribution is 5.53. The number of pyridine rings is 1. The predicted octanol–water partition coefficient (Wildman–Crippen LogP) is 3.30. The third kappa shape index (κ3) is 2.76. The lowest BCUT2D eigenvalue weighted by Gasteiger charge is -2.44. The molecule has 1 saturated carbocycles. The maximum Gasteiger partial charge on any atom is 0.133 e. The van der Waals surface area contributed by atoms with E-state index in [0.717, 1.165) is 24.8 Å². The molecule has 0 N–H and O–H groups in total. The fourth-order valence-corrected chi connectivity index (χ4v) is 4.29. The molecule has 2 aromatic heterocycles. The Morgan fingerprint density at radius 1 is 1.17 bits per heavy atom. The van der Waals surface area contributed by atoms with E-state index >= 15 is 0 Å². The highest BCUT2D eigenvalue weighted by atomic mass is 15.3. The highest BCUT2D eigenvalue weighted by Gasteiger charge is 2.35. The number of nitrogens with zero attached hydrogens (tertiary/aromatic N) is 4. The van der Waals surface area contributed by atoms with Gasteiger partial charge in [-0.1, -0.05) is 12.5 Å². The summed E-state index contributed by atoms with van der Waals surface area (Å²) in [6, 6.07) is 4.28. The Hall–Kier alpha value is -1.39. The fourth-order valence-electron chi connectivity index (χ4n) is 4.29. The van der Waals surface area contributed by atoms with Crippen molar-refractivity contribution in [3.8, 4) is 0 Å². The Labute approximate surface area is 145 Å². The van der Waals surface area contributed by atoms with Crippen LogP contribution in [0.25, 0.3) is 5.52 Å². The van der Waals surface area contributed by atoms with Crippen LogP contribution in [0.3, 0.4) is 0 Å². The van der Waals surface area contributed by atoms with E-state index in [0.29, 0.717) is 0 Å². The van der Waals surface area contributed by atoms with Gasteiger partial charge < -0.3 is 9.30 Å². The van der Waals surface area contributed by atoms with Crippen molar-refractivity contribution in [2.75, 3.05) is 32.7 Å². The second-order valence-corrected chi connectivity index (χ2v) is 8.17. The van der Waals surface area contributed by atoms with Crippen LogP contribution in [-0.4, -0.2) is 51.9 Å². The minimum Gasteiger partial charge on any atom is -0.302 e. The zero-order valence-corrected chi connectivity index (χ0v) is 15.3. The molecular formula is C20H30N4. The number of rotatable bonds is 4. The molecule has 2 aromatic rings. The number of imidazole rings is 1. The number of aromatic nitrogens is 2. The van der Waals surface area contributed by atoms with Gasteiger partial charge >= 0.3 is 0 Å². The first-order valence-corrected chi connectivity index (χ1v) is 9.46. The lowest BCUT2D eigenvalue weighted by molar-refractivity contribution is 0.0337. The first kappa shape index (κ1) is 16.1. The molecule has 130 valence electrons. The highest BCUT2D eigenvalue weighted by Crippen LogP contribution is 2.31. The Kier molecular flexibility index (Phi) is 4.13. The van der Waals surface area contributed by atoms with Gasteiger partial charge in [0.05, 0.1) is 17.3 Å². The quantitative estimate of drug-likeness (QED) is 0.861. The average Bonchev–Trinajstić information content (AvgIpc) is 2.98. The molecule has 0 aromatic carbocycles. The molecule has 0 bridgehead atoms. The zero-order valence-electron chi connectivity index (χ0n) is 15.3. The smallest absolute Gasteiger partial charge is 0.133 e. The lowest BCUT2D eigenvalue weighted by Crippen LogP contribution is -2.54. The van der Waals surface area contributed by atoms with E-state index in [9.17, 15) is 0 Å². The van der Waals surface area contributed by atoms with Crippen molar-refractivity contribution in [2.24, 2.45) is 5.92 Å². The maximum absolute atomic E-state index is 4.80. The minimum absolute atomic E-state index is 0.0389. The van der Waals surface area contributed by atoms with E-state index in [4.69, 9.17) is 4.98 Å². The van der Waals surface area contributed by atoms with Gasteiger partial charge in [0.1, 0.15) is 5.82 Å². The first-order chi connectivity index (χ1) is 11.6. The molecule has 4 heteroatoms. The van der Waals surface area contributed by atoms with E-state index in [2.05, 4.69) is 53.3 Å².